The van der Waals surface area contributed by atoms with Gasteiger partial charge in [0.25, 0.3) is 0 Å². The summed E-state index contributed by atoms with van der Waals surface area (Å²) in [5, 5.41) is 0. The first-order valence-corrected chi connectivity index (χ1v) is 7.10. The van der Waals surface area contributed by atoms with Gasteiger partial charge in [0.2, 0.25) is 0 Å². The van der Waals surface area contributed by atoms with E-state index >= 15 is 0 Å². The molecule has 100 valence electrons. The summed E-state index contributed by atoms with van der Waals surface area (Å²) in [6.07, 6.45) is 0.734. The summed E-state index contributed by atoms with van der Waals surface area (Å²) in [5.41, 5.74) is 9.26. The van der Waals surface area contributed by atoms with E-state index in [9.17, 15) is 4.39 Å². The van der Waals surface area contributed by atoms with Gasteiger partial charge in [0.1, 0.15) is 5.82 Å². The molecule has 0 saturated carbocycles. The van der Waals surface area contributed by atoms with E-state index in [2.05, 4.69) is 41.1 Å². The predicted molar refractivity (Wildman–Crippen MR) is 80.8 cm³/mol. The topological polar surface area (TPSA) is 26.0 Å². The van der Waals surface area contributed by atoms with Crippen LogP contribution in [-0.2, 0) is 6.42 Å². The molecule has 0 aliphatic carbocycles. The van der Waals surface area contributed by atoms with E-state index in [0.717, 1.165) is 12.0 Å². The zero-order chi connectivity index (χ0) is 13.8. The van der Waals surface area contributed by atoms with Crippen LogP contribution >= 0.6 is 15.9 Å². The van der Waals surface area contributed by atoms with E-state index in [1.807, 2.05) is 12.1 Å². The van der Waals surface area contributed by atoms with Gasteiger partial charge >= 0.3 is 0 Å². The molecule has 2 N–H and O–H groups in total. The summed E-state index contributed by atoms with van der Waals surface area (Å²) in [6, 6.07) is 13.5. The van der Waals surface area contributed by atoms with Crippen molar-refractivity contribution in [2.75, 3.05) is 6.54 Å². The highest BCUT2D eigenvalue weighted by atomic mass is 79.9. The van der Waals surface area contributed by atoms with Gasteiger partial charge in [0, 0.05) is 5.92 Å². The second kappa shape index (κ2) is 6.31. The zero-order valence-corrected chi connectivity index (χ0v) is 12.5. The number of halogens is 2. The number of hydrogen-bond acceptors (Lipinski definition) is 1. The van der Waals surface area contributed by atoms with Crippen LogP contribution in [-0.4, -0.2) is 6.54 Å². The van der Waals surface area contributed by atoms with E-state index in [1.165, 1.54) is 17.2 Å². The molecule has 0 aromatic heterocycles. The van der Waals surface area contributed by atoms with Crippen LogP contribution in [0.3, 0.4) is 0 Å². The Morgan fingerprint density at radius 1 is 1.21 bits per heavy atom. The van der Waals surface area contributed by atoms with Crippen LogP contribution in [0.15, 0.2) is 46.9 Å². The average Bonchev–Trinajstić information content (AvgIpc) is 2.40. The van der Waals surface area contributed by atoms with Gasteiger partial charge in [0.05, 0.1) is 4.47 Å². The quantitative estimate of drug-likeness (QED) is 0.898. The van der Waals surface area contributed by atoms with Crippen LogP contribution in [0.25, 0.3) is 0 Å². The molecule has 0 aliphatic heterocycles. The van der Waals surface area contributed by atoms with Crippen LogP contribution < -0.4 is 5.73 Å². The lowest BCUT2D eigenvalue weighted by atomic mass is 9.91. The Kier molecular flexibility index (Phi) is 4.72. The highest BCUT2D eigenvalue weighted by Crippen LogP contribution is 2.27. The molecule has 19 heavy (non-hydrogen) atoms. The molecule has 2 aromatic carbocycles. The fourth-order valence-corrected chi connectivity index (χ4v) is 2.66. The zero-order valence-electron chi connectivity index (χ0n) is 10.9. The van der Waals surface area contributed by atoms with Gasteiger partial charge in [-0.05, 0) is 53.0 Å². The highest BCUT2D eigenvalue weighted by Gasteiger charge is 2.14. The lowest BCUT2D eigenvalue weighted by Gasteiger charge is -2.17. The van der Waals surface area contributed by atoms with Crippen molar-refractivity contribution in [3.8, 4) is 0 Å². The van der Waals surface area contributed by atoms with E-state index < -0.39 is 0 Å². The van der Waals surface area contributed by atoms with E-state index in [4.69, 9.17) is 5.73 Å². The van der Waals surface area contributed by atoms with Crippen molar-refractivity contribution in [1.82, 2.24) is 0 Å². The van der Waals surface area contributed by atoms with Crippen LogP contribution in [0.5, 0.6) is 0 Å². The van der Waals surface area contributed by atoms with Crippen LogP contribution in [0.2, 0.25) is 0 Å². The second-order valence-corrected chi connectivity index (χ2v) is 5.56. The number of benzene rings is 2. The minimum Gasteiger partial charge on any atom is -0.330 e. The van der Waals surface area contributed by atoms with Crippen molar-refractivity contribution in [2.24, 2.45) is 5.73 Å². The van der Waals surface area contributed by atoms with E-state index in [1.54, 1.807) is 6.07 Å². The molecular weight excluding hydrogens is 305 g/mol. The first kappa shape index (κ1) is 14.2. The molecule has 1 atom stereocenters. The summed E-state index contributed by atoms with van der Waals surface area (Å²) in [5.74, 6) is -0.0180. The highest BCUT2D eigenvalue weighted by molar-refractivity contribution is 9.10. The molecule has 0 amide bonds. The molecule has 0 saturated heterocycles. The third kappa shape index (κ3) is 3.43. The lowest BCUT2D eigenvalue weighted by Crippen LogP contribution is -2.15. The fraction of sp³-hybridized carbons (Fsp3) is 0.250. The molecule has 2 rings (SSSR count). The normalized spacial score (nSPS) is 12.4. The van der Waals surface area contributed by atoms with E-state index in [-0.39, 0.29) is 11.7 Å². The number of aryl methyl sites for hydroxylation is 1. The number of hydrogen-bond donors (Lipinski definition) is 1. The summed E-state index contributed by atoms with van der Waals surface area (Å²) in [7, 11) is 0. The predicted octanol–water partition coefficient (Wildman–Crippen LogP) is 4.18. The average molecular weight is 322 g/mol. The molecule has 0 radical (unpaired) electrons. The van der Waals surface area contributed by atoms with E-state index in [0.29, 0.717) is 11.0 Å². The third-order valence-corrected chi connectivity index (χ3v) is 4.18. The van der Waals surface area contributed by atoms with Crippen LogP contribution in [0.1, 0.15) is 22.6 Å². The van der Waals surface area contributed by atoms with Crippen LogP contribution in [0.4, 0.5) is 4.39 Å². The van der Waals surface area contributed by atoms with Gasteiger partial charge in [-0.1, -0.05) is 42.0 Å². The molecule has 0 heterocycles. The Balaban J connectivity index is 2.26. The van der Waals surface area contributed by atoms with Crippen molar-refractivity contribution >= 4 is 15.9 Å². The van der Waals surface area contributed by atoms with Crippen LogP contribution in [0, 0.1) is 12.7 Å². The van der Waals surface area contributed by atoms with Crippen molar-refractivity contribution in [3.63, 3.8) is 0 Å². The Bertz CT molecular complexity index is 568. The second-order valence-electron chi connectivity index (χ2n) is 4.76. The smallest absolute Gasteiger partial charge is 0.137 e. The van der Waals surface area contributed by atoms with Crippen molar-refractivity contribution in [1.29, 1.82) is 0 Å². The molecule has 0 aliphatic rings. The molecule has 1 unspecified atom stereocenters. The summed E-state index contributed by atoms with van der Waals surface area (Å²) >= 11 is 3.31. The third-order valence-electron chi connectivity index (χ3n) is 3.30. The Morgan fingerprint density at radius 3 is 2.63 bits per heavy atom. The largest absolute Gasteiger partial charge is 0.330 e. The maximum absolute atomic E-state index is 13.5. The van der Waals surface area contributed by atoms with Gasteiger partial charge in [-0.15, -0.1) is 0 Å². The maximum atomic E-state index is 13.5. The van der Waals surface area contributed by atoms with Gasteiger partial charge in [-0.3, -0.25) is 0 Å². The van der Waals surface area contributed by atoms with Gasteiger partial charge in [-0.2, -0.15) is 0 Å². The summed E-state index contributed by atoms with van der Waals surface area (Å²) in [4.78, 5) is 0. The number of rotatable bonds is 4. The first-order chi connectivity index (χ1) is 9.11. The maximum Gasteiger partial charge on any atom is 0.137 e. The first-order valence-electron chi connectivity index (χ1n) is 6.31. The molecule has 1 nitrogen and oxygen atoms in total. The fourth-order valence-electron chi connectivity index (χ4n) is 2.23. The molecular formula is C16H17BrFN. The van der Waals surface area contributed by atoms with Gasteiger partial charge in [0.15, 0.2) is 0 Å². The molecule has 0 fully saturated rings. The Labute approximate surface area is 121 Å². The Morgan fingerprint density at radius 2 is 1.95 bits per heavy atom. The summed E-state index contributed by atoms with van der Waals surface area (Å²) in [6.45, 7) is 2.61. The monoisotopic (exact) mass is 321 g/mol. The standard InChI is InChI=1S/C16H17BrFN/c1-11-4-2-5-12(8-11)14(10-19)9-13-6-3-7-15(18)16(13)17/h2-8,14H,9-10,19H2,1H3. The SMILES string of the molecule is Cc1cccc(C(CN)Cc2cccc(F)c2Br)c1. The minimum absolute atomic E-state index is 0.206. The molecule has 3 heteroatoms. The Hall–Kier alpha value is -1.19. The minimum atomic E-state index is -0.225. The van der Waals surface area contributed by atoms with Crippen molar-refractivity contribution in [2.45, 2.75) is 19.3 Å². The van der Waals surface area contributed by atoms with Crippen molar-refractivity contribution in [3.05, 3.63) is 69.4 Å². The van der Waals surface area contributed by atoms with Crippen molar-refractivity contribution < 1.29 is 4.39 Å². The lowest BCUT2D eigenvalue weighted by molar-refractivity contribution is 0.613. The summed E-state index contributed by atoms with van der Waals surface area (Å²) < 4.78 is 14.1. The van der Waals surface area contributed by atoms with Gasteiger partial charge in [-0.25, -0.2) is 4.39 Å². The molecule has 2 aromatic rings. The molecule has 0 bridgehead atoms. The van der Waals surface area contributed by atoms with Gasteiger partial charge < -0.3 is 5.73 Å². The number of nitrogens with two attached hydrogens (primary N) is 1. The molecule has 0 spiro atoms.